The van der Waals surface area contributed by atoms with Crippen LogP contribution in [0.2, 0.25) is 0 Å². The van der Waals surface area contributed by atoms with Crippen LogP contribution < -0.4 is 0 Å². The quantitative estimate of drug-likeness (QED) is 0.626. The fourth-order valence-corrected chi connectivity index (χ4v) is 3.15. The Bertz CT molecular complexity index is 460. The minimum absolute atomic E-state index is 0.485. The van der Waals surface area contributed by atoms with Gasteiger partial charge in [-0.05, 0) is 55.7 Å². The van der Waals surface area contributed by atoms with E-state index >= 15 is 0 Å². The molecule has 2 heteroatoms. The molecule has 3 atom stereocenters. The molecule has 0 aliphatic heterocycles. The van der Waals surface area contributed by atoms with Gasteiger partial charge in [-0.3, -0.25) is 0 Å². The first-order valence-electron chi connectivity index (χ1n) is 7.64. The SMILES string of the molecule is CCC(COC(O)C=C(C)C)C1CCc2ccccc21. The Balaban J connectivity index is 1.98. The van der Waals surface area contributed by atoms with Crippen molar-refractivity contribution >= 4 is 0 Å². The van der Waals surface area contributed by atoms with Gasteiger partial charge in [0.15, 0.2) is 6.29 Å². The normalized spacial score (nSPS) is 20.3. The fourth-order valence-electron chi connectivity index (χ4n) is 3.15. The van der Waals surface area contributed by atoms with Gasteiger partial charge in [0, 0.05) is 0 Å². The van der Waals surface area contributed by atoms with E-state index in [0.717, 1.165) is 12.0 Å². The summed E-state index contributed by atoms with van der Waals surface area (Å²) in [7, 11) is 0. The predicted octanol–water partition coefficient (Wildman–Crippen LogP) is 4.04. The first kappa shape index (κ1) is 15.3. The highest BCUT2D eigenvalue weighted by Gasteiger charge is 2.28. The van der Waals surface area contributed by atoms with E-state index in [1.165, 1.54) is 24.0 Å². The van der Waals surface area contributed by atoms with E-state index in [0.29, 0.717) is 18.4 Å². The highest BCUT2D eigenvalue weighted by atomic mass is 16.6. The molecule has 0 saturated heterocycles. The van der Waals surface area contributed by atoms with E-state index < -0.39 is 6.29 Å². The fraction of sp³-hybridized carbons (Fsp3) is 0.556. The van der Waals surface area contributed by atoms with Gasteiger partial charge >= 0.3 is 0 Å². The summed E-state index contributed by atoms with van der Waals surface area (Å²) in [5.74, 6) is 1.06. The largest absolute Gasteiger partial charge is 0.365 e. The maximum atomic E-state index is 9.80. The number of hydrogen-bond acceptors (Lipinski definition) is 2. The van der Waals surface area contributed by atoms with Crippen molar-refractivity contribution in [2.24, 2.45) is 5.92 Å². The van der Waals surface area contributed by atoms with Crippen LogP contribution in [0.15, 0.2) is 35.9 Å². The molecule has 1 aromatic carbocycles. The van der Waals surface area contributed by atoms with Crippen LogP contribution in [0.25, 0.3) is 0 Å². The van der Waals surface area contributed by atoms with Gasteiger partial charge in [-0.25, -0.2) is 0 Å². The maximum Gasteiger partial charge on any atom is 0.174 e. The average molecular weight is 274 g/mol. The topological polar surface area (TPSA) is 29.5 Å². The molecule has 2 rings (SSSR count). The molecule has 2 nitrogen and oxygen atoms in total. The maximum absolute atomic E-state index is 9.80. The van der Waals surface area contributed by atoms with Crippen molar-refractivity contribution in [2.75, 3.05) is 6.61 Å². The second kappa shape index (κ2) is 7.05. The molecule has 0 heterocycles. The van der Waals surface area contributed by atoms with Crippen molar-refractivity contribution in [3.8, 4) is 0 Å². The predicted molar refractivity (Wildman–Crippen MR) is 82.7 cm³/mol. The molecule has 1 N–H and O–H groups in total. The third-order valence-corrected chi connectivity index (χ3v) is 4.23. The van der Waals surface area contributed by atoms with Gasteiger partial charge in [-0.1, -0.05) is 43.2 Å². The summed E-state index contributed by atoms with van der Waals surface area (Å²) in [6.45, 7) is 6.77. The Labute approximate surface area is 122 Å². The third-order valence-electron chi connectivity index (χ3n) is 4.23. The van der Waals surface area contributed by atoms with E-state index in [1.807, 2.05) is 13.8 Å². The Morgan fingerprint density at radius 3 is 2.85 bits per heavy atom. The lowest BCUT2D eigenvalue weighted by Gasteiger charge is -2.24. The lowest BCUT2D eigenvalue weighted by molar-refractivity contribution is -0.0797. The minimum Gasteiger partial charge on any atom is -0.365 e. The standard InChI is InChI=1S/C18H26O2/c1-4-14(12-20-18(19)11-13(2)3)17-10-9-15-7-5-6-8-16(15)17/h5-8,11,14,17-19H,4,9-10,12H2,1-3H3. The Hall–Kier alpha value is -1.12. The van der Waals surface area contributed by atoms with Crippen LogP contribution in [0.1, 0.15) is 50.7 Å². The lowest BCUT2D eigenvalue weighted by atomic mass is 9.86. The van der Waals surface area contributed by atoms with Crippen LogP contribution in [-0.4, -0.2) is 18.0 Å². The molecule has 0 fully saturated rings. The number of benzene rings is 1. The molecule has 1 aliphatic carbocycles. The van der Waals surface area contributed by atoms with Crippen molar-refractivity contribution < 1.29 is 9.84 Å². The molecule has 0 bridgehead atoms. The summed E-state index contributed by atoms with van der Waals surface area (Å²) in [5.41, 5.74) is 4.05. The summed E-state index contributed by atoms with van der Waals surface area (Å²) in [6, 6.07) is 8.74. The molecule has 0 saturated carbocycles. The summed E-state index contributed by atoms with van der Waals surface area (Å²) in [5, 5.41) is 9.80. The number of ether oxygens (including phenoxy) is 1. The van der Waals surface area contributed by atoms with Crippen LogP contribution in [0.5, 0.6) is 0 Å². The van der Waals surface area contributed by atoms with E-state index in [-0.39, 0.29) is 0 Å². The van der Waals surface area contributed by atoms with E-state index in [9.17, 15) is 5.11 Å². The minimum atomic E-state index is -0.773. The van der Waals surface area contributed by atoms with Crippen molar-refractivity contribution in [3.63, 3.8) is 0 Å². The van der Waals surface area contributed by atoms with E-state index in [1.54, 1.807) is 6.08 Å². The summed E-state index contributed by atoms with van der Waals surface area (Å²) in [6.07, 6.45) is 4.45. The Kier molecular flexibility index (Phi) is 5.38. The van der Waals surface area contributed by atoms with Gasteiger partial charge in [-0.2, -0.15) is 0 Å². The van der Waals surface area contributed by atoms with Crippen LogP contribution in [0.3, 0.4) is 0 Å². The van der Waals surface area contributed by atoms with Crippen LogP contribution in [0, 0.1) is 5.92 Å². The number of aryl methyl sites for hydroxylation is 1. The molecule has 20 heavy (non-hydrogen) atoms. The third kappa shape index (κ3) is 3.71. The molecule has 3 unspecified atom stereocenters. The van der Waals surface area contributed by atoms with Gasteiger partial charge in [0.25, 0.3) is 0 Å². The summed E-state index contributed by atoms with van der Waals surface area (Å²) >= 11 is 0. The zero-order valence-electron chi connectivity index (χ0n) is 12.8. The summed E-state index contributed by atoms with van der Waals surface area (Å²) in [4.78, 5) is 0. The first-order valence-corrected chi connectivity index (χ1v) is 7.64. The average Bonchev–Trinajstić information content (AvgIpc) is 2.83. The van der Waals surface area contributed by atoms with Crippen LogP contribution in [0.4, 0.5) is 0 Å². The zero-order chi connectivity index (χ0) is 14.5. The van der Waals surface area contributed by atoms with Gasteiger partial charge < -0.3 is 9.84 Å². The lowest BCUT2D eigenvalue weighted by Crippen LogP contribution is -2.20. The van der Waals surface area contributed by atoms with Gasteiger partial charge in [0.1, 0.15) is 0 Å². The molecule has 110 valence electrons. The summed E-state index contributed by atoms with van der Waals surface area (Å²) < 4.78 is 5.61. The number of aliphatic hydroxyl groups is 1. The van der Waals surface area contributed by atoms with Crippen molar-refractivity contribution in [2.45, 2.75) is 52.2 Å². The number of allylic oxidation sites excluding steroid dienone is 1. The monoisotopic (exact) mass is 274 g/mol. The highest BCUT2D eigenvalue weighted by molar-refractivity contribution is 5.35. The second-order valence-electron chi connectivity index (χ2n) is 5.98. The van der Waals surface area contributed by atoms with Crippen molar-refractivity contribution in [1.82, 2.24) is 0 Å². The van der Waals surface area contributed by atoms with Crippen LogP contribution >= 0.6 is 0 Å². The first-order chi connectivity index (χ1) is 9.61. The van der Waals surface area contributed by atoms with Gasteiger partial charge in [-0.15, -0.1) is 0 Å². The molecule has 0 radical (unpaired) electrons. The molecule has 0 amide bonds. The van der Waals surface area contributed by atoms with E-state index in [2.05, 4.69) is 31.2 Å². The number of aliphatic hydroxyl groups excluding tert-OH is 1. The number of fused-ring (bicyclic) bond motifs is 1. The van der Waals surface area contributed by atoms with Crippen molar-refractivity contribution in [3.05, 3.63) is 47.0 Å². The number of rotatable bonds is 6. The molecule has 0 spiro atoms. The molecule has 1 aliphatic rings. The Morgan fingerprint density at radius 1 is 1.40 bits per heavy atom. The molecule has 0 aromatic heterocycles. The number of hydrogen-bond donors (Lipinski definition) is 1. The van der Waals surface area contributed by atoms with Gasteiger partial charge in [0.2, 0.25) is 0 Å². The van der Waals surface area contributed by atoms with Gasteiger partial charge in [0.05, 0.1) is 6.61 Å². The second-order valence-corrected chi connectivity index (χ2v) is 5.98. The van der Waals surface area contributed by atoms with Crippen LogP contribution in [-0.2, 0) is 11.2 Å². The smallest absolute Gasteiger partial charge is 0.174 e. The highest BCUT2D eigenvalue weighted by Crippen LogP contribution is 2.39. The van der Waals surface area contributed by atoms with Crippen molar-refractivity contribution in [1.29, 1.82) is 0 Å². The molecule has 1 aromatic rings. The zero-order valence-corrected chi connectivity index (χ0v) is 12.8. The van der Waals surface area contributed by atoms with E-state index in [4.69, 9.17) is 4.74 Å². The molecular weight excluding hydrogens is 248 g/mol. The molecular formula is C18H26O2. The Morgan fingerprint density at radius 2 is 2.15 bits per heavy atom.